The van der Waals surface area contributed by atoms with Gasteiger partial charge in [0.2, 0.25) is 11.8 Å². The second-order valence-electron chi connectivity index (χ2n) is 6.99. The van der Waals surface area contributed by atoms with Crippen molar-refractivity contribution in [2.45, 2.75) is 56.7 Å². The van der Waals surface area contributed by atoms with Gasteiger partial charge in [-0.1, -0.05) is 0 Å². The largest absolute Gasteiger partial charge is 0.376 e. The molecule has 2 saturated heterocycles. The molecule has 0 bridgehead atoms. The van der Waals surface area contributed by atoms with Crippen LogP contribution in [0.3, 0.4) is 0 Å². The highest BCUT2D eigenvalue weighted by atomic mass is 16.5. The van der Waals surface area contributed by atoms with Crippen molar-refractivity contribution >= 4 is 11.8 Å². The molecule has 3 atom stereocenters. The SMILES string of the molecule is CC1(C2CC2)NC(=O)CN(C2CCOC2C2CC2)C1=O. The Morgan fingerprint density at radius 1 is 1.20 bits per heavy atom. The van der Waals surface area contributed by atoms with Crippen LogP contribution in [0.4, 0.5) is 0 Å². The predicted molar refractivity (Wildman–Crippen MR) is 71.9 cm³/mol. The van der Waals surface area contributed by atoms with Crippen LogP contribution in [-0.4, -0.2) is 47.6 Å². The Labute approximate surface area is 119 Å². The van der Waals surface area contributed by atoms with Crippen molar-refractivity contribution in [2.75, 3.05) is 13.2 Å². The molecule has 1 N–H and O–H groups in total. The van der Waals surface area contributed by atoms with Crippen molar-refractivity contribution in [1.29, 1.82) is 0 Å². The molecule has 0 radical (unpaired) electrons. The maximum atomic E-state index is 12.9. The summed E-state index contributed by atoms with van der Waals surface area (Å²) in [5, 5.41) is 2.95. The third-order valence-electron chi connectivity index (χ3n) is 5.40. The van der Waals surface area contributed by atoms with Crippen LogP contribution in [0, 0.1) is 11.8 Å². The van der Waals surface area contributed by atoms with Gasteiger partial charge in [0.1, 0.15) is 12.1 Å². The molecule has 20 heavy (non-hydrogen) atoms. The van der Waals surface area contributed by atoms with E-state index in [1.807, 2.05) is 11.8 Å². The topological polar surface area (TPSA) is 58.6 Å². The summed E-state index contributed by atoms with van der Waals surface area (Å²) < 4.78 is 5.84. The standard InChI is InChI=1S/C15H22N2O3/c1-15(10-4-5-10)14(19)17(8-12(18)16-15)11-6-7-20-13(11)9-2-3-9/h9-11,13H,2-8H2,1H3,(H,16,18). The summed E-state index contributed by atoms with van der Waals surface area (Å²) in [6.07, 6.45) is 5.53. The number of carbonyl (C=O) groups is 2. The van der Waals surface area contributed by atoms with Crippen molar-refractivity contribution in [3.63, 3.8) is 0 Å². The molecule has 5 heteroatoms. The molecule has 0 spiro atoms. The highest BCUT2D eigenvalue weighted by Gasteiger charge is 2.55. The van der Waals surface area contributed by atoms with E-state index in [2.05, 4.69) is 5.32 Å². The van der Waals surface area contributed by atoms with E-state index in [0.717, 1.165) is 25.9 Å². The third-order valence-corrected chi connectivity index (χ3v) is 5.40. The van der Waals surface area contributed by atoms with E-state index < -0.39 is 5.54 Å². The summed E-state index contributed by atoms with van der Waals surface area (Å²) in [5.74, 6) is 1.03. The first-order valence-electron chi connectivity index (χ1n) is 7.83. The summed E-state index contributed by atoms with van der Waals surface area (Å²) >= 11 is 0. The lowest BCUT2D eigenvalue weighted by atomic mass is 9.89. The van der Waals surface area contributed by atoms with Crippen molar-refractivity contribution in [3.05, 3.63) is 0 Å². The molecule has 3 unspecified atom stereocenters. The van der Waals surface area contributed by atoms with Gasteiger partial charge in [-0.05, 0) is 50.9 Å². The molecule has 4 fully saturated rings. The Bertz CT molecular complexity index is 458. The number of rotatable bonds is 3. The number of amides is 2. The Morgan fingerprint density at radius 3 is 2.60 bits per heavy atom. The van der Waals surface area contributed by atoms with Crippen LogP contribution in [-0.2, 0) is 14.3 Å². The average Bonchev–Trinajstić information content (AvgIpc) is 3.31. The van der Waals surface area contributed by atoms with Gasteiger partial charge < -0.3 is 15.0 Å². The molecule has 2 aliphatic heterocycles. The molecular formula is C15H22N2O3. The monoisotopic (exact) mass is 278 g/mol. The Balaban J connectivity index is 1.59. The number of piperazine rings is 1. The lowest BCUT2D eigenvalue weighted by molar-refractivity contribution is -0.154. The molecule has 0 aromatic rings. The molecular weight excluding hydrogens is 256 g/mol. The lowest BCUT2D eigenvalue weighted by Gasteiger charge is -2.43. The zero-order chi connectivity index (χ0) is 13.9. The minimum absolute atomic E-state index is 0.0135. The summed E-state index contributed by atoms with van der Waals surface area (Å²) in [6, 6.07) is 0.110. The van der Waals surface area contributed by atoms with Gasteiger partial charge in [0.25, 0.3) is 0 Å². The third kappa shape index (κ3) is 1.86. The van der Waals surface area contributed by atoms with Crippen LogP contribution in [0.2, 0.25) is 0 Å². The van der Waals surface area contributed by atoms with Gasteiger partial charge in [0.15, 0.2) is 0 Å². The highest BCUT2D eigenvalue weighted by Crippen LogP contribution is 2.44. The molecule has 2 heterocycles. The predicted octanol–water partition coefficient (Wildman–Crippen LogP) is 0.681. The molecule has 2 saturated carbocycles. The Hall–Kier alpha value is -1.10. The fourth-order valence-electron chi connectivity index (χ4n) is 3.92. The van der Waals surface area contributed by atoms with Crippen LogP contribution in [0.5, 0.6) is 0 Å². The van der Waals surface area contributed by atoms with Gasteiger partial charge in [-0.2, -0.15) is 0 Å². The zero-order valence-electron chi connectivity index (χ0n) is 11.9. The van der Waals surface area contributed by atoms with Crippen LogP contribution in [0.25, 0.3) is 0 Å². The van der Waals surface area contributed by atoms with Crippen LogP contribution in [0.1, 0.15) is 39.0 Å². The molecule has 0 aromatic carbocycles. The molecule has 4 rings (SSSR count). The van der Waals surface area contributed by atoms with E-state index in [0.29, 0.717) is 11.8 Å². The van der Waals surface area contributed by atoms with E-state index in [1.54, 1.807) is 0 Å². The smallest absolute Gasteiger partial charge is 0.249 e. The van der Waals surface area contributed by atoms with Crippen molar-refractivity contribution in [3.8, 4) is 0 Å². The molecule has 0 aromatic heterocycles. The minimum Gasteiger partial charge on any atom is -0.376 e. The summed E-state index contributed by atoms with van der Waals surface area (Å²) in [7, 11) is 0. The van der Waals surface area contributed by atoms with E-state index in [-0.39, 0.29) is 30.5 Å². The second kappa shape index (κ2) is 4.20. The number of hydrogen-bond donors (Lipinski definition) is 1. The number of carbonyl (C=O) groups excluding carboxylic acids is 2. The first-order chi connectivity index (χ1) is 9.59. The average molecular weight is 278 g/mol. The normalized spacial score (nSPS) is 42.0. The van der Waals surface area contributed by atoms with Gasteiger partial charge in [-0.3, -0.25) is 9.59 Å². The number of hydrogen-bond acceptors (Lipinski definition) is 3. The van der Waals surface area contributed by atoms with Crippen molar-refractivity contribution in [2.24, 2.45) is 11.8 Å². The molecule has 2 aliphatic carbocycles. The molecule has 4 aliphatic rings. The van der Waals surface area contributed by atoms with E-state index in [4.69, 9.17) is 4.74 Å². The zero-order valence-corrected chi connectivity index (χ0v) is 11.9. The van der Waals surface area contributed by atoms with Gasteiger partial charge in [-0.15, -0.1) is 0 Å². The minimum atomic E-state index is -0.675. The first-order valence-corrected chi connectivity index (χ1v) is 7.83. The Kier molecular flexibility index (Phi) is 2.65. The fraction of sp³-hybridized carbons (Fsp3) is 0.867. The van der Waals surface area contributed by atoms with Gasteiger partial charge in [0, 0.05) is 6.61 Å². The van der Waals surface area contributed by atoms with Crippen LogP contribution >= 0.6 is 0 Å². The number of nitrogens with one attached hydrogen (secondary N) is 1. The van der Waals surface area contributed by atoms with E-state index in [1.165, 1.54) is 12.8 Å². The van der Waals surface area contributed by atoms with Crippen molar-refractivity contribution < 1.29 is 14.3 Å². The van der Waals surface area contributed by atoms with Gasteiger partial charge >= 0.3 is 0 Å². The molecule has 2 amide bonds. The van der Waals surface area contributed by atoms with Crippen LogP contribution in [0.15, 0.2) is 0 Å². The highest BCUT2D eigenvalue weighted by molar-refractivity contribution is 5.98. The summed E-state index contributed by atoms with van der Waals surface area (Å²) in [5.41, 5.74) is -0.675. The summed E-state index contributed by atoms with van der Waals surface area (Å²) in [6.45, 7) is 2.83. The van der Waals surface area contributed by atoms with E-state index >= 15 is 0 Å². The second-order valence-corrected chi connectivity index (χ2v) is 6.99. The fourth-order valence-corrected chi connectivity index (χ4v) is 3.92. The van der Waals surface area contributed by atoms with E-state index in [9.17, 15) is 9.59 Å². The number of ether oxygens (including phenoxy) is 1. The van der Waals surface area contributed by atoms with Crippen molar-refractivity contribution in [1.82, 2.24) is 10.2 Å². The Morgan fingerprint density at radius 2 is 1.95 bits per heavy atom. The quantitative estimate of drug-likeness (QED) is 0.826. The lowest BCUT2D eigenvalue weighted by Crippen LogP contribution is -2.68. The molecule has 110 valence electrons. The van der Waals surface area contributed by atoms with Gasteiger partial charge in [-0.25, -0.2) is 0 Å². The first kappa shape index (κ1) is 12.6. The maximum Gasteiger partial charge on any atom is 0.249 e. The molecule has 5 nitrogen and oxygen atoms in total. The summed E-state index contributed by atoms with van der Waals surface area (Å²) in [4.78, 5) is 26.8. The van der Waals surface area contributed by atoms with Gasteiger partial charge in [0.05, 0.1) is 12.1 Å². The van der Waals surface area contributed by atoms with Crippen LogP contribution < -0.4 is 5.32 Å². The number of nitrogens with zero attached hydrogens (tertiary/aromatic N) is 1. The maximum absolute atomic E-state index is 12.9.